The van der Waals surface area contributed by atoms with Crippen LogP contribution in [-0.4, -0.2) is 22.3 Å². The van der Waals surface area contributed by atoms with E-state index in [0.717, 1.165) is 23.8 Å². The van der Waals surface area contributed by atoms with Crippen molar-refractivity contribution in [3.63, 3.8) is 0 Å². The van der Waals surface area contributed by atoms with Crippen LogP contribution in [0.2, 0.25) is 0 Å². The molecule has 0 bridgehead atoms. The van der Waals surface area contributed by atoms with Gasteiger partial charge in [-0.15, -0.1) is 0 Å². The summed E-state index contributed by atoms with van der Waals surface area (Å²) in [6, 6.07) is 0. The Labute approximate surface area is 71.5 Å². The zero-order valence-corrected chi connectivity index (χ0v) is 7.73. The molecule has 1 rings (SSSR count). The van der Waals surface area contributed by atoms with Crippen LogP contribution in [0.5, 0.6) is 0 Å². The van der Waals surface area contributed by atoms with Crippen LogP contribution in [0.1, 0.15) is 13.3 Å². The lowest BCUT2D eigenvalue weighted by molar-refractivity contribution is 0.479. The Balaban J connectivity index is 2.46. The smallest absolute Gasteiger partial charge is 0.141 e. The highest BCUT2D eigenvalue weighted by molar-refractivity contribution is 8.25. The summed E-state index contributed by atoms with van der Waals surface area (Å²) in [5, 5.41) is 0. The predicted molar refractivity (Wildman–Crippen MR) is 51.2 cm³/mol. The van der Waals surface area contributed by atoms with E-state index in [9.17, 15) is 0 Å². The van der Waals surface area contributed by atoms with E-state index in [2.05, 4.69) is 18.4 Å². The Bertz CT molecular complexity index is 165. The molecule has 0 radical (unpaired) electrons. The SMILES string of the molecule is C=C1CN(CCC)C(=S)S1. The van der Waals surface area contributed by atoms with Gasteiger partial charge in [0, 0.05) is 18.0 Å². The van der Waals surface area contributed by atoms with Gasteiger partial charge >= 0.3 is 0 Å². The molecule has 3 heteroatoms. The molecule has 1 fully saturated rings. The monoisotopic (exact) mass is 173 g/mol. The van der Waals surface area contributed by atoms with Crippen LogP contribution in [0.4, 0.5) is 0 Å². The third-order valence-electron chi connectivity index (χ3n) is 1.35. The lowest BCUT2D eigenvalue weighted by Crippen LogP contribution is -2.23. The van der Waals surface area contributed by atoms with Crippen LogP contribution in [0, 0.1) is 0 Å². The van der Waals surface area contributed by atoms with Gasteiger partial charge in [-0.25, -0.2) is 0 Å². The minimum atomic E-state index is 0.956. The number of hydrogen-bond donors (Lipinski definition) is 0. The van der Waals surface area contributed by atoms with Crippen molar-refractivity contribution in [3.8, 4) is 0 Å². The molecule has 0 atom stereocenters. The minimum absolute atomic E-state index is 0.956. The summed E-state index contributed by atoms with van der Waals surface area (Å²) in [4.78, 5) is 3.38. The van der Waals surface area contributed by atoms with Crippen molar-refractivity contribution in [2.45, 2.75) is 13.3 Å². The zero-order valence-electron chi connectivity index (χ0n) is 6.09. The molecule has 10 heavy (non-hydrogen) atoms. The van der Waals surface area contributed by atoms with E-state index in [1.807, 2.05) is 0 Å². The first-order chi connectivity index (χ1) is 4.74. The van der Waals surface area contributed by atoms with Crippen molar-refractivity contribution in [1.82, 2.24) is 4.90 Å². The molecule has 0 aromatic rings. The van der Waals surface area contributed by atoms with Crippen LogP contribution in [0.25, 0.3) is 0 Å². The molecule has 0 N–H and O–H groups in total. The molecule has 0 aromatic carbocycles. The fraction of sp³-hybridized carbons (Fsp3) is 0.571. The molecule has 0 saturated carbocycles. The molecule has 0 spiro atoms. The van der Waals surface area contributed by atoms with Crippen molar-refractivity contribution in [2.24, 2.45) is 0 Å². The average Bonchev–Trinajstić information content (AvgIpc) is 2.13. The second-order valence-electron chi connectivity index (χ2n) is 2.33. The Morgan fingerprint density at radius 2 is 2.50 bits per heavy atom. The number of nitrogens with zero attached hydrogens (tertiary/aromatic N) is 1. The Hall–Kier alpha value is -0.0200. The summed E-state index contributed by atoms with van der Waals surface area (Å²) in [7, 11) is 0. The Morgan fingerprint density at radius 3 is 2.90 bits per heavy atom. The first-order valence-corrected chi connectivity index (χ1v) is 4.61. The number of rotatable bonds is 2. The first kappa shape index (κ1) is 8.08. The van der Waals surface area contributed by atoms with Gasteiger partial charge in [0.1, 0.15) is 4.32 Å². The van der Waals surface area contributed by atoms with Gasteiger partial charge < -0.3 is 4.90 Å². The lowest BCUT2D eigenvalue weighted by atomic mass is 10.4. The summed E-state index contributed by atoms with van der Waals surface area (Å²) in [5.41, 5.74) is 0. The number of thioether (sulfide) groups is 1. The molecule has 56 valence electrons. The van der Waals surface area contributed by atoms with Crippen LogP contribution in [-0.2, 0) is 0 Å². The molecular formula is C7H11NS2. The largest absolute Gasteiger partial charge is 0.352 e. The predicted octanol–water partition coefficient (Wildman–Crippen LogP) is 2.24. The summed E-state index contributed by atoms with van der Waals surface area (Å²) in [6.45, 7) is 8.06. The highest BCUT2D eigenvalue weighted by atomic mass is 32.2. The van der Waals surface area contributed by atoms with Gasteiger partial charge in [0.25, 0.3) is 0 Å². The van der Waals surface area contributed by atoms with E-state index in [0.29, 0.717) is 0 Å². The molecule has 1 aliphatic heterocycles. The van der Waals surface area contributed by atoms with Gasteiger partial charge in [-0.2, -0.15) is 0 Å². The van der Waals surface area contributed by atoms with Crippen LogP contribution in [0.15, 0.2) is 11.5 Å². The minimum Gasteiger partial charge on any atom is -0.352 e. The van der Waals surface area contributed by atoms with Gasteiger partial charge in [-0.1, -0.05) is 37.5 Å². The molecule has 1 saturated heterocycles. The quantitative estimate of drug-likeness (QED) is 0.590. The summed E-state index contributed by atoms with van der Waals surface area (Å²) < 4.78 is 0.992. The zero-order chi connectivity index (χ0) is 7.56. The van der Waals surface area contributed by atoms with Gasteiger partial charge in [-0.05, 0) is 6.42 Å². The molecule has 0 aromatic heterocycles. The van der Waals surface area contributed by atoms with Crippen molar-refractivity contribution < 1.29 is 0 Å². The summed E-state index contributed by atoms with van der Waals surface area (Å²) in [6.07, 6.45) is 1.16. The number of hydrogen-bond acceptors (Lipinski definition) is 2. The molecule has 0 amide bonds. The maximum absolute atomic E-state index is 5.11. The lowest BCUT2D eigenvalue weighted by Gasteiger charge is -2.13. The third kappa shape index (κ3) is 1.73. The molecule has 0 aliphatic carbocycles. The first-order valence-electron chi connectivity index (χ1n) is 3.38. The van der Waals surface area contributed by atoms with E-state index >= 15 is 0 Å². The van der Waals surface area contributed by atoms with E-state index in [1.165, 1.54) is 4.91 Å². The van der Waals surface area contributed by atoms with E-state index < -0.39 is 0 Å². The van der Waals surface area contributed by atoms with Gasteiger partial charge in [0.05, 0.1) is 0 Å². The second-order valence-corrected chi connectivity index (χ2v) is 4.14. The molecule has 0 unspecified atom stereocenters. The second kappa shape index (κ2) is 3.39. The van der Waals surface area contributed by atoms with Crippen LogP contribution in [0.3, 0.4) is 0 Å². The van der Waals surface area contributed by atoms with Gasteiger partial charge in [0.2, 0.25) is 0 Å². The van der Waals surface area contributed by atoms with E-state index in [1.54, 1.807) is 11.8 Å². The third-order valence-corrected chi connectivity index (χ3v) is 2.71. The molecular weight excluding hydrogens is 162 g/mol. The molecule has 1 aliphatic rings. The summed E-state index contributed by atoms with van der Waals surface area (Å²) in [5.74, 6) is 0. The maximum Gasteiger partial charge on any atom is 0.141 e. The Kier molecular flexibility index (Phi) is 2.74. The normalized spacial score (nSPS) is 18.7. The summed E-state index contributed by atoms with van der Waals surface area (Å²) >= 11 is 6.74. The highest BCUT2D eigenvalue weighted by Crippen LogP contribution is 2.27. The maximum atomic E-state index is 5.11. The van der Waals surface area contributed by atoms with Crippen molar-refractivity contribution in [1.29, 1.82) is 0 Å². The van der Waals surface area contributed by atoms with E-state index in [4.69, 9.17) is 12.2 Å². The topological polar surface area (TPSA) is 3.24 Å². The fourth-order valence-electron chi connectivity index (χ4n) is 0.938. The average molecular weight is 173 g/mol. The highest BCUT2D eigenvalue weighted by Gasteiger charge is 2.18. The van der Waals surface area contributed by atoms with Gasteiger partial charge in [0.15, 0.2) is 0 Å². The molecule has 1 heterocycles. The Morgan fingerprint density at radius 1 is 1.80 bits per heavy atom. The van der Waals surface area contributed by atoms with Crippen LogP contribution < -0.4 is 0 Å². The van der Waals surface area contributed by atoms with Crippen LogP contribution >= 0.6 is 24.0 Å². The van der Waals surface area contributed by atoms with Crippen molar-refractivity contribution in [2.75, 3.05) is 13.1 Å². The van der Waals surface area contributed by atoms with E-state index in [-0.39, 0.29) is 0 Å². The fourth-order valence-corrected chi connectivity index (χ4v) is 2.20. The van der Waals surface area contributed by atoms with Crippen molar-refractivity contribution in [3.05, 3.63) is 11.5 Å². The standard InChI is InChI=1S/C7H11NS2/c1-3-4-8-5-6(2)10-7(8)9/h2-5H2,1H3. The van der Waals surface area contributed by atoms with Crippen molar-refractivity contribution >= 4 is 28.3 Å². The van der Waals surface area contributed by atoms with Gasteiger partial charge in [-0.3, -0.25) is 0 Å². The number of thiocarbonyl (C=S) groups is 1. The molecule has 1 nitrogen and oxygen atoms in total.